The number of hydrogen-bond acceptors (Lipinski definition) is 5. The standard InChI is InChI=1S/C22H27NO5/c1-14-18(19(24)15(2)21(28-3)20(14)25)12-17(22(26)27)10-6-4-5-8-16-9-7-11-23-13-16/h7,9,11-13,24-25H,4-6,8,10H2,1-3H3,(H,26,27)/b17-12+. The quantitative estimate of drug-likeness (QED) is 0.336. The van der Waals surface area contributed by atoms with Gasteiger partial charge < -0.3 is 20.1 Å². The van der Waals surface area contributed by atoms with Crippen LogP contribution in [0, 0.1) is 13.8 Å². The molecular weight excluding hydrogens is 358 g/mol. The number of aromatic nitrogens is 1. The van der Waals surface area contributed by atoms with Gasteiger partial charge in [-0.1, -0.05) is 12.5 Å². The Morgan fingerprint density at radius 2 is 1.89 bits per heavy atom. The fourth-order valence-corrected chi connectivity index (χ4v) is 3.17. The van der Waals surface area contributed by atoms with Crippen molar-refractivity contribution >= 4 is 12.0 Å². The van der Waals surface area contributed by atoms with E-state index in [1.165, 1.54) is 18.7 Å². The Hall–Kier alpha value is -3.02. The van der Waals surface area contributed by atoms with Gasteiger partial charge in [0.1, 0.15) is 5.75 Å². The van der Waals surface area contributed by atoms with Gasteiger partial charge in [-0.05, 0) is 57.2 Å². The summed E-state index contributed by atoms with van der Waals surface area (Å²) in [6.07, 6.45) is 8.87. The summed E-state index contributed by atoms with van der Waals surface area (Å²) < 4.78 is 5.12. The third kappa shape index (κ3) is 5.03. The number of benzene rings is 1. The van der Waals surface area contributed by atoms with E-state index in [9.17, 15) is 20.1 Å². The molecule has 1 heterocycles. The Morgan fingerprint density at radius 1 is 1.14 bits per heavy atom. The lowest BCUT2D eigenvalue weighted by atomic mass is 9.97. The molecule has 6 heteroatoms. The Kier molecular flexibility index (Phi) is 7.44. The van der Waals surface area contributed by atoms with Gasteiger partial charge in [0, 0.05) is 34.7 Å². The van der Waals surface area contributed by atoms with Gasteiger partial charge in [0.2, 0.25) is 0 Å². The lowest BCUT2D eigenvalue weighted by molar-refractivity contribution is -0.132. The Morgan fingerprint density at radius 3 is 2.50 bits per heavy atom. The maximum atomic E-state index is 11.7. The predicted molar refractivity (Wildman–Crippen MR) is 108 cm³/mol. The van der Waals surface area contributed by atoms with Gasteiger partial charge >= 0.3 is 5.97 Å². The molecule has 0 bridgehead atoms. The monoisotopic (exact) mass is 385 g/mol. The summed E-state index contributed by atoms with van der Waals surface area (Å²) in [6.45, 7) is 3.24. The zero-order chi connectivity index (χ0) is 20.7. The number of aliphatic carboxylic acids is 1. The second-order valence-corrected chi connectivity index (χ2v) is 6.79. The minimum atomic E-state index is -1.03. The van der Waals surface area contributed by atoms with Gasteiger partial charge in [-0.25, -0.2) is 4.79 Å². The maximum Gasteiger partial charge on any atom is 0.331 e. The van der Waals surface area contributed by atoms with Gasteiger partial charge in [-0.3, -0.25) is 4.98 Å². The molecule has 0 aliphatic rings. The normalized spacial score (nSPS) is 11.5. The van der Waals surface area contributed by atoms with Gasteiger partial charge in [-0.2, -0.15) is 0 Å². The Labute approximate surface area is 165 Å². The van der Waals surface area contributed by atoms with E-state index in [1.54, 1.807) is 20.0 Å². The molecule has 28 heavy (non-hydrogen) atoms. The molecule has 1 aromatic heterocycles. The van der Waals surface area contributed by atoms with Crippen LogP contribution in [0.25, 0.3) is 6.08 Å². The number of aromatic hydroxyl groups is 2. The van der Waals surface area contributed by atoms with E-state index in [0.717, 1.165) is 25.7 Å². The minimum absolute atomic E-state index is 0.0810. The van der Waals surface area contributed by atoms with Crippen LogP contribution in [0.2, 0.25) is 0 Å². The van der Waals surface area contributed by atoms with Crippen LogP contribution in [0.3, 0.4) is 0 Å². The van der Waals surface area contributed by atoms with Crippen molar-refractivity contribution < 1.29 is 24.9 Å². The third-order valence-corrected chi connectivity index (χ3v) is 4.86. The highest BCUT2D eigenvalue weighted by Gasteiger charge is 2.20. The first-order chi connectivity index (χ1) is 13.4. The van der Waals surface area contributed by atoms with E-state index >= 15 is 0 Å². The molecule has 2 aromatic rings. The van der Waals surface area contributed by atoms with Crippen LogP contribution >= 0.6 is 0 Å². The van der Waals surface area contributed by atoms with E-state index < -0.39 is 5.97 Å². The number of carboxylic acid groups (broad SMARTS) is 1. The van der Waals surface area contributed by atoms with Crippen LogP contribution in [0.4, 0.5) is 0 Å². The molecule has 0 aliphatic heterocycles. The Bertz CT molecular complexity index is 830. The lowest BCUT2D eigenvalue weighted by Gasteiger charge is -2.15. The predicted octanol–water partition coefficient (Wildman–Crippen LogP) is 4.39. The highest BCUT2D eigenvalue weighted by Crippen LogP contribution is 2.43. The fourth-order valence-electron chi connectivity index (χ4n) is 3.17. The van der Waals surface area contributed by atoms with Crippen molar-refractivity contribution in [2.45, 2.75) is 46.0 Å². The fraction of sp³-hybridized carbons (Fsp3) is 0.364. The summed E-state index contributed by atoms with van der Waals surface area (Å²) in [7, 11) is 1.41. The second-order valence-electron chi connectivity index (χ2n) is 6.79. The summed E-state index contributed by atoms with van der Waals surface area (Å²) in [4.78, 5) is 15.7. The van der Waals surface area contributed by atoms with Crippen molar-refractivity contribution in [1.29, 1.82) is 0 Å². The van der Waals surface area contributed by atoms with Gasteiger partial charge in [0.25, 0.3) is 0 Å². The molecule has 1 aromatic carbocycles. The molecule has 0 aliphatic carbocycles. The van der Waals surface area contributed by atoms with Crippen LogP contribution in [-0.4, -0.2) is 33.4 Å². The number of unbranched alkanes of at least 4 members (excludes halogenated alkanes) is 2. The number of phenolic OH excluding ortho intramolecular Hbond substituents is 2. The molecule has 0 saturated heterocycles. The first-order valence-electron chi connectivity index (χ1n) is 9.28. The molecule has 6 nitrogen and oxygen atoms in total. The molecule has 3 N–H and O–H groups in total. The number of carboxylic acids is 1. The number of pyridine rings is 1. The first-order valence-corrected chi connectivity index (χ1v) is 9.28. The molecule has 0 saturated carbocycles. The average molecular weight is 385 g/mol. The molecule has 0 unspecified atom stereocenters. The number of methoxy groups -OCH3 is 1. The molecule has 0 radical (unpaired) electrons. The van der Waals surface area contributed by atoms with Gasteiger partial charge in [0.05, 0.1) is 7.11 Å². The van der Waals surface area contributed by atoms with Crippen molar-refractivity contribution in [3.8, 4) is 17.2 Å². The van der Waals surface area contributed by atoms with E-state index in [4.69, 9.17) is 4.74 Å². The Balaban J connectivity index is 2.09. The second kappa shape index (κ2) is 9.78. The highest BCUT2D eigenvalue weighted by atomic mass is 16.5. The van der Waals surface area contributed by atoms with E-state index in [2.05, 4.69) is 4.98 Å². The topological polar surface area (TPSA) is 99.9 Å². The van der Waals surface area contributed by atoms with Crippen LogP contribution in [0.1, 0.15) is 47.9 Å². The number of phenols is 2. The van der Waals surface area contributed by atoms with Gasteiger partial charge in [0.15, 0.2) is 11.5 Å². The zero-order valence-electron chi connectivity index (χ0n) is 16.5. The summed E-state index contributed by atoms with van der Waals surface area (Å²) in [5, 5.41) is 30.3. The zero-order valence-corrected chi connectivity index (χ0v) is 16.5. The first kappa shape index (κ1) is 21.3. The number of nitrogens with zero attached hydrogens (tertiary/aromatic N) is 1. The van der Waals surface area contributed by atoms with Crippen molar-refractivity contribution in [2.24, 2.45) is 0 Å². The highest BCUT2D eigenvalue weighted by molar-refractivity contribution is 5.93. The molecule has 0 atom stereocenters. The van der Waals surface area contributed by atoms with Crippen LogP contribution in [-0.2, 0) is 11.2 Å². The number of rotatable bonds is 9. The summed E-state index contributed by atoms with van der Waals surface area (Å²) in [5.41, 5.74) is 2.43. The smallest absolute Gasteiger partial charge is 0.331 e. The van der Waals surface area contributed by atoms with Crippen molar-refractivity contribution in [3.63, 3.8) is 0 Å². The molecule has 0 fully saturated rings. The van der Waals surface area contributed by atoms with Crippen LogP contribution < -0.4 is 4.74 Å². The largest absolute Gasteiger partial charge is 0.507 e. The maximum absolute atomic E-state index is 11.7. The average Bonchev–Trinajstić information content (AvgIpc) is 2.69. The van der Waals surface area contributed by atoms with Gasteiger partial charge in [-0.15, -0.1) is 0 Å². The van der Waals surface area contributed by atoms with E-state index in [1.807, 2.05) is 18.3 Å². The van der Waals surface area contributed by atoms with E-state index in [-0.39, 0.29) is 22.8 Å². The van der Waals surface area contributed by atoms with Crippen molar-refractivity contribution in [2.75, 3.05) is 7.11 Å². The lowest BCUT2D eigenvalue weighted by Crippen LogP contribution is -2.02. The number of hydrogen-bond donors (Lipinski definition) is 3. The van der Waals surface area contributed by atoms with Crippen molar-refractivity contribution in [1.82, 2.24) is 4.98 Å². The number of aryl methyl sites for hydroxylation is 1. The van der Waals surface area contributed by atoms with Crippen molar-refractivity contribution in [3.05, 3.63) is 52.4 Å². The number of ether oxygens (including phenoxy) is 1. The van der Waals surface area contributed by atoms with Crippen LogP contribution in [0.5, 0.6) is 17.2 Å². The summed E-state index contributed by atoms with van der Waals surface area (Å²) in [6, 6.07) is 3.93. The summed E-state index contributed by atoms with van der Waals surface area (Å²) >= 11 is 0. The summed E-state index contributed by atoms with van der Waals surface area (Å²) in [5.74, 6) is -1.01. The SMILES string of the molecule is COc1c(C)c(O)c(/C=C(\CCCCCc2cccnc2)C(=O)O)c(C)c1O. The number of carbonyl (C=O) groups is 1. The van der Waals surface area contributed by atoms with E-state index in [0.29, 0.717) is 23.1 Å². The molecular formula is C22H27NO5. The molecule has 2 rings (SSSR count). The third-order valence-electron chi connectivity index (χ3n) is 4.86. The molecule has 0 amide bonds. The minimum Gasteiger partial charge on any atom is -0.507 e. The molecule has 0 spiro atoms. The van der Waals surface area contributed by atoms with Crippen LogP contribution in [0.15, 0.2) is 30.1 Å². The molecule has 150 valence electrons.